The van der Waals surface area contributed by atoms with Crippen LogP contribution in [0.1, 0.15) is 42.1 Å². The fourth-order valence-corrected chi connectivity index (χ4v) is 2.80. The lowest BCUT2D eigenvalue weighted by Gasteiger charge is -2.09. The first-order valence-electron chi connectivity index (χ1n) is 8.86. The second-order valence-corrected chi connectivity index (χ2v) is 6.44. The highest BCUT2D eigenvalue weighted by Crippen LogP contribution is 2.19. The molecule has 3 aromatic rings. The van der Waals surface area contributed by atoms with Crippen molar-refractivity contribution in [2.45, 2.75) is 32.7 Å². The van der Waals surface area contributed by atoms with E-state index in [2.05, 4.69) is 13.8 Å². The third-order valence-electron chi connectivity index (χ3n) is 4.64. The van der Waals surface area contributed by atoms with Crippen LogP contribution in [0.15, 0.2) is 57.7 Å². The van der Waals surface area contributed by atoms with Gasteiger partial charge in [-0.1, -0.05) is 50.2 Å². The Bertz CT molecular complexity index is 1010. The molecule has 0 aliphatic carbocycles. The minimum Gasteiger partial charge on any atom is -0.456 e. The fourth-order valence-electron chi connectivity index (χ4n) is 2.80. The van der Waals surface area contributed by atoms with E-state index in [4.69, 9.17) is 9.15 Å². The zero-order valence-electron chi connectivity index (χ0n) is 15.3. The first-order chi connectivity index (χ1) is 13.0. The van der Waals surface area contributed by atoms with Crippen molar-refractivity contribution in [2.24, 2.45) is 0 Å². The number of hydrogen-bond donors (Lipinski definition) is 0. The first kappa shape index (κ1) is 18.6. The van der Waals surface area contributed by atoms with E-state index in [1.807, 2.05) is 12.1 Å². The van der Waals surface area contributed by atoms with Gasteiger partial charge in [0.25, 0.3) is 0 Å². The summed E-state index contributed by atoms with van der Waals surface area (Å²) in [5.41, 5.74) is 2.55. The van der Waals surface area contributed by atoms with Crippen molar-refractivity contribution >= 4 is 22.9 Å². The lowest BCUT2D eigenvalue weighted by atomic mass is 9.97. The molecule has 0 radical (unpaired) electrons. The van der Waals surface area contributed by atoms with Gasteiger partial charge in [-0.05, 0) is 30.0 Å². The number of esters is 1. The molecule has 1 heterocycles. The van der Waals surface area contributed by atoms with E-state index in [0.29, 0.717) is 22.6 Å². The predicted octanol–water partition coefficient (Wildman–Crippen LogP) is 3.53. The summed E-state index contributed by atoms with van der Waals surface area (Å²) in [5, 5.41) is 0. The summed E-state index contributed by atoms with van der Waals surface area (Å²) in [4.78, 5) is 36.1. The Morgan fingerprint density at radius 3 is 2.52 bits per heavy atom. The van der Waals surface area contributed by atoms with Gasteiger partial charge in [0.1, 0.15) is 6.54 Å². The lowest BCUT2D eigenvalue weighted by Crippen LogP contribution is -2.23. The predicted molar refractivity (Wildman–Crippen MR) is 101 cm³/mol. The van der Waals surface area contributed by atoms with Gasteiger partial charge in [0.2, 0.25) is 0 Å². The standard InChI is InChI=1S/C21H21NO5/c1-3-14(2)15-8-10-16(11-9-15)18(23)13-26-20(24)12-22-17-6-4-5-7-19(17)27-21(22)25/h4-11,14H,3,12-13H2,1-2H3/t14-/m0/s1. The molecular formula is C21H21NO5. The minimum absolute atomic E-state index is 0.288. The van der Waals surface area contributed by atoms with Gasteiger partial charge in [-0.3, -0.25) is 14.2 Å². The molecule has 0 unspecified atom stereocenters. The number of ketones is 1. The number of carbonyl (C=O) groups is 2. The highest BCUT2D eigenvalue weighted by molar-refractivity contribution is 5.98. The molecule has 140 valence electrons. The van der Waals surface area contributed by atoms with E-state index >= 15 is 0 Å². The molecule has 3 rings (SSSR count). The number of fused-ring (bicyclic) bond motifs is 1. The average Bonchev–Trinajstić information content (AvgIpc) is 3.01. The van der Waals surface area contributed by atoms with Crippen LogP contribution >= 0.6 is 0 Å². The van der Waals surface area contributed by atoms with Crippen LogP contribution in [0.5, 0.6) is 0 Å². The van der Waals surface area contributed by atoms with E-state index in [0.717, 1.165) is 12.0 Å². The molecule has 1 aromatic heterocycles. The zero-order valence-corrected chi connectivity index (χ0v) is 15.3. The maximum absolute atomic E-state index is 12.2. The highest BCUT2D eigenvalue weighted by Gasteiger charge is 2.15. The number of aromatic nitrogens is 1. The second kappa shape index (κ2) is 8.03. The van der Waals surface area contributed by atoms with Gasteiger partial charge in [0, 0.05) is 5.56 Å². The van der Waals surface area contributed by atoms with E-state index in [1.54, 1.807) is 36.4 Å². The van der Waals surface area contributed by atoms with E-state index in [9.17, 15) is 14.4 Å². The number of hydrogen-bond acceptors (Lipinski definition) is 5. The van der Waals surface area contributed by atoms with E-state index in [1.165, 1.54) is 4.57 Å². The summed E-state index contributed by atoms with van der Waals surface area (Å²) in [5.74, 6) is -1.17. The summed E-state index contributed by atoms with van der Waals surface area (Å²) < 4.78 is 11.3. The molecule has 0 saturated carbocycles. The van der Waals surface area contributed by atoms with Crippen molar-refractivity contribution in [3.8, 4) is 0 Å². The molecule has 0 saturated heterocycles. The highest BCUT2D eigenvalue weighted by atomic mass is 16.5. The van der Waals surface area contributed by atoms with Crippen LogP contribution in [0.2, 0.25) is 0 Å². The van der Waals surface area contributed by atoms with Crippen LogP contribution in [0.3, 0.4) is 0 Å². The topological polar surface area (TPSA) is 78.5 Å². The first-order valence-corrected chi connectivity index (χ1v) is 8.86. The van der Waals surface area contributed by atoms with Crippen molar-refractivity contribution in [1.82, 2.24) is 4.57 Å². The monoisotopic (exact) mass is 367 g/mol. The summed E-state index contributed by atoms with van der Waals surface area (Å²) >= 11 is 0. The summed E-state index contributed by atoms with van der Waals surface area (Å²) in [6.45, 7) is 3.56. The SMILES string of the molecule is CC[C@H](C)c1ccc(C(=O)COC(=O)Cn2c(=O)oc3ccccc32)cc1. The summed E-state index contributed by atoms with van der Waals surface area (Å²) in [6, 6.07) is 14.1. The number of Topliss-reactive ketones (excluding diaryl/α,β-unsaturated/α-hetero) is 1. The molecule has 1 atom stereocenters. The third kappa shape index (κ3) is 4.16. The third-order valence-corrected chi connectivity index (χ3v) is 4.64. The smallest absolute Gasteiger partial charge is 0.420 e. The maximum Gasteiger partial charge on any atom is 0.420 e. The molecule has 0 aliphatic heterocycles. The maximum atomic E-state index is 12.2. The molecule has 0 amide bonds. The Kier molecular flexibility index (Phi) is 5.54. The average molecular weight is 367 g/mol. The molecule has 27 heavy (non-hydrogen) atoms. The van der Waals surface area contributed by atoms with Crippen LogP contribution in [0.25, 0.3) is 11.1 Å². The fraction of sp³-hybridized carbons (Fsp3) is 0.286. The van der Waals surface area contributed by atoms with Gasteiger partial charge in [-0.25, -0.2) is 4.79 Å². The molecule has 0 bridgehead atoms. The molecule has 6 nitrogen and oxygen atoms in total. The number of benzene rings is 2. The Morgan fingerprint density at radius 1 is 1.11 bits per heavy atom. The van der Waals surface area contributed by atoms with Gasteiger partial charge >= 0.3 is 11.7 Å². The van der Waals surface area contributed by atoms with Crippen molar-refractivity contribution in [3.63, 3.8) is 0 Å². The lowest BCUT2D eigenvalue weighted by molar-refractivity contribution is -0.143. The van der Waals surface area contributed by atoms with Crippen LogP contribution < -0.4 is 5.76 Å². The van der Waals surface area contributed by atoms with Crippen LogP contribution in [0, 0.1) is 0 Å². The van der Waals surface area contributed by atoms with Gasteiger partial charge in [0.15, 0.2) is 18.0 Å². The largest absolute Gasteiger partial charge is 0.456 e. The Labute approximate surface area is 156 Å². The van der Waals surface area contributed by atoms with Crippen molar-refractivity contribution < 1.29 is 18.7 Å². The van der Waals surface area contributed by atoms with E-state index in [-0.39, 0.29) is 18.9 Å². The van der Waals surface area contributed by atoms with E-state index < -0.39 is 11.7 Å². The normalized spacial score (nSPS) is 12.1. The number of rotatable bonds is 7. The molecule has 0 fully saturated rings. The quantitative estimate of drug-likeness (QED) is 0.471. The molecule has 0 N–H and O–H groups in total. The molecule has 6 heteroatoms. The summed E-state index contributed by atoms with van der Waals surface area (Å²) in [6.07, 6.45) is 1.02. The van der Waals surface area contributed by atoms with Crippen LogP contribution in [0.4, 0.5) is 0 Å². The Balaban J connectivity index is 1.61. The Hall–Kier alpha value is -3.15. The number of oxazole rings is 1. The van der Waals surface area contributed by atoms with Crippen LogP contribution in [-0.2, 0) is 16.1 Å². The summed E-state index contributed by atoms with van der Waals surface area (Å²) in [7, 11) is 0. The van der Waals surface area contributed by atoms with Crippen molar-refractivity contribution in [1.29, 1.82) is 0 Å². The second-order valence-electron chi connectivity index (χ2n) is 6.44. The molecule has 0 aliphatic rings. The zero-order chi connectivity index (χ0) is 19.4. The molecule has 2 aromatic carbocycles. The van der Waals surface area contributed by atoms with Crippen molar-refractivity contribution in [3.05, 3.63) is 70.2 Å². The van der Waals surface area contributed by atoms with Gasteiger partial charge in [-0.15, -0.1) is 0 Å². The van der Waals surface area contributed by atoms with Crippen LogP contribution in [-0.4, -0.2) is 22.9 Å². The van der Waals surface area contributed by atoms with Crippen molar-refractivity contribution in [2.75, 3.05) is 6.61 Å². The number of nitrogens with zero attached hydrogens (tertiary/aromatic N) is 1. The Morgan fingerprint density at radius 2 is 1.81 bits per heavy atom. The number of carbonyl (C=O) groups excluding carboxylic acids is 2. The minimum atomic E-state index is -0.673. The molecule has 0 spiro atoms. The number of para-hydroxylation sites is 2. The molecular weight excluding hydrogens is 346 g/mol. The number of ether oxygens (including phenoxy) is 1. The van der Waals surface area contributed by atoms with Gasteiger partial charge in [0.05, 0.1) is 5.52 Å². The van der Waals surface area contributed by atoms with Gasteiger partial charge < -0.3 is 9.15 Å². The van der Waals surface area contributed by atoms with Gasteiger partial charge in [-0.2, -0.15) is 0 Å².